The molecule has 0 bridgehead atoms. The molecule has 2 aliphatic heterocycles. The molecule has 0 unspecified atom stereocenters. The molecule has 0 radical (unpaired) electrons. The molecule has 0 spiro atoms. The van der Waals surface area contributed by atoms with Gasteiger partial charge in [0.05, 0.1) is 5.69 Å². The van der Waals surface area contributed by atoms with Crippen LogP contribution in [0.2, 0.25) is 0 Å². The molecular formula is C44H47Br2N3. The Morgan fingerprint density at radius 3 is 1.27 bits per heavy atom. The lowest BCUT2D eigenvalue weighted by molar-refractivity contribution is 0.0729. The molecule has 3 nitrogen and oxygen atoms in total. The van der Waals surface area contributed by atoms with Crippen LogP contribution in [0.25, 0.3) is 22.3 Å². The Kier molecular flexibility index (Phi) is 8.15. The molecule has 0 saturated carbocycles. The highest BCUT2D eigenvalue weighted by Gasteiger charge is 2.48. The molecule has 7 rings (SSSR count). The molecule has 2 heterocycles. The van der Waals surface area contributed by atoms with Gasteiger partial charge in [-0.2, -0.15) is 0 Å². The van der Waals surface area contributed by atoms with Crippen LogP contribution in [0.5, 0.6) is 0 Å². The summed E-state index contributed by atoms with van der Waals surface area (Å²) in [5, 5.41) is 0. The first-order valence-electron chi connectivity index (χ1n) is 17.2. The third kappa shape index (κ3) is 5.35. The number of fused-ring (bicyclic) bond motifs is 2. The summed E-state index contributed by atoms with van der Waals surface area (Å²) >= 11 is 7.35. The zero-order chi connectivity index (χ0) is 35.3. The fourth-order valence-corrected chi connectivity index (χ4v) is 8.91. The molecule has 0 aliphatic carbocycles. The first-order chi connectivity index (χ1) is 23.0. The van der Waals surface area contributed by atoms with Gasteiger partial charge in [0.2, 0.25) is 0 Å². The second kappa shape index (κ2) is 11.7. The lowest BCUT2D eigenvalue weighted by Crippen LogP contribution is -2.42. The van der Waals surface area contributed by atoms with Gasteiger partial charge in [-0.3, -0.25) is 9.80 Å². The summed E-state index contributed by atoms with van der Waals surface area (Å²) in [6.07, 6.45) is 0. The molecule has 252 valence electrons. The van der Waals surface area contributed by atoms with Crippen molar-refractivity contribution in [2.75, 3.05) is 19.0 Å². The molecular weight excluding hydrogens is 730 g/mol. The lowest BCUT2D eigenvalue weighted by atomic mass is 9.86. The molecule has 0 saturated heterocycles. The van der Waals surface area contributed by atoms with Crippen molar-refractivity contribution in [3.05, 3.63) is 134 Å². The van der Waals surface area contributed by atoms with Crippen molar-refractivity contribution in [3.8, 4) is 22.3 Å². The van der Waals surface area contributed by atoms with E-state index >= 15 is 0 Å². The SMILES string of the molecule is CN1C(C)(C)c2ccc(-c3ccc(-c4ccc5c(c4)C(C)(C)N(C)C5(C)C)c(N(c4ccc(Br)cc4)c4ccc(Br)cc4)c3)cc2C1(C)C. The van der Waals surface area contributed by atoms with Crippen molar-refractivity contribution >= 4 is 48.9 Å². The quantitative estimate of drug-likeness (QED) is 0.176. The molecule has 5 aromatic carbocycles. The molecule has 2 aliphatic rings. The zero-order valence-electron chi connectivity index (χ0n) is 30.4. The van der Waals surface area contributed by atoms with Gasteiger partial charge in [-0.15, -0.1) is 0 Å². The van der Waals surface area contributed by atoms with Crippen molar-refractivity contribution in [2.24, 2.45) is 0 Å². The zero-order valence-corrected chi connectivity index (χ0v) is 33.6. The number of anilines is 3. The topological polar surface area (TPSA) is 9.72 Å². The van der Waals surface area contributed by atoms with Gasteiger partial charge in [-0.25, -0.2) is 0 Å². The van der Waals surface area contributed by atoms with Crippen LogP contribution in [-0.2, 0) is 22.2 Å². The molecule has 0 N–H and O–H groups in total. The summed E-state index contributed by atoms with van der Waals surface area (Å²) in [6.45, 7) is 18.7. The maximum atomic E-state index is 3.68. The van der Waals surface area contributed by atoms with Gasteiger partial charge in [-0.05, 0) is 175 Å². The van der Waals surface area contributed by atoms with Crippen LogP contribution >= 0.6 is 31.9 Å². The normalized spacial score (nSPS) is 18.7. The first kappa shape index (κ1) is 34.2. The molecule has 0 aromatic heterocycles. The monoisotopic (exact) mass is 775 g/mol. The van der Waals surface area contributed by atoms with Crippen LogP contribution in [0.15, 0.2) is 112 Å². The highest BCUT2D eigenvalue weighted by Crippen LogP contribution is 2.52. The maximum Gasteiger partial charge on any atom is 0.0546 e. The predicted molar refractivity (Wildman–Crippen MR) is 215 cm³/mol. The summed E-state index contributed by atoms with van der Waals surface area (Å²) in [7, 11) is 4.50. The minimum Gasteiger partial charge on any atom is -0.310 e. The largest absolute Gasteiger partial charge is 0.310 e. The van der Waals surface area contributed by atoms with Crippen molar-refractivity contribution in [1.82, 2.24) is 9.80 Å². The van der Waals surface area contributed by atoms with Gasteiger partial charge in [0.15, 0.2) is 0 Å². The first-order valence-corrected chi connectivity index (χ1v) is 18.8. The van der Waals surface area contributed by atoms with E-state index in [1.807, 2.05) is 0 Å². The lowest BCUT2D eigenvalue weighted by Gasteiger charge is -2.37. The van der Waals surface area contributed by atoms with E-state index in [0.717, 1.165) is 26.0 Å². The second-order valence-electron chi connectivity index (χ2n) is 15.9. The van der Waals surface area contributed by atoms with E-state index in [9.17, 15) is 0 Å². The van der Waals surface area contributed by atoms with Crippen molar-refractivity contribution in [1.29, 1.82) is 0 Å². The smallest absolute Gasteiger partial charge is 0.0546 e. The van der Waals surface area contributed by atoms with E-state index in [2.05, 4.69) is 219 Å². The van der Waals surface area contributed by atoms with Crippen LogP contribution in [0, 0.1) is 0 Å². The Labute approximate surface area is 310 Å². The molecule has 5 aromatic rings. The molecule has 5 heteroatoms. The Hall–Kier alpha value is -3.22. The van der Waals surface area contributed by atoms with E-state index in [1.54, 1.807) is 0 Å². The number of halogens is 2. The molecule has 0 atom stereocenters. The third-order valence-electron chi connectivity index (χ3n) is 12.1. The van der Waals surface area contributed by atoms with Crippen LogP contribution in [0.4, 0.5) is 17.1 Å². The summed E-state index contributed by atoms with van der Waals surface area (Å²) in [4.78, 5) is 7.41. The van der Waals surface area contributed by atoms with E-state index in [0.29, 0.717) is 0 Å². The Bertz CT molecular complexity index is 2030. The Morgan fingerprint density at radius 1 is 0.429 bits per heavy atom. The van der Waals surface area contributed by atoms with E-state index in [1.165, 1.54) is 44.5 Å². The Balaban J connectivity index is 1.48. The predicted octanol–water partition coefficient (Wildman–Crippen LogP) is 12.8. The number of rotatable bonds is 5. The van der Waals surface area contributed by atoms with E-state index in [4.69, 9.17) is 0 Å². The number of benzene rings is 5. The second-order valence-corrected chi connectivity index (χ2v) is 17.7. The van der Waals surface area contributed by atoms with Crippen molar-refractivity contribution in [2.45, 2.75) is 77.5 Å². The molecule has 49 heavy (non-hydrogen) atoms. The van der Waals surface area contributed by atoms with Crippen LogP contribution in [-0.4, -0.2) is 23.9 Å². The Morgan fingerprint density at radius 2 is 0.796 bits per heavy atom. The molecule has 0 amide bonds. The van der Waals surface area contributed by atoms with Gasteiger partial charge in [-0.1, -0.05) is 68.3 Å². The summed E-state index contributed by atoms with van der Waals surface area (Å²) in [6, 6.07) is 38.6. The minimum atomic E-state index is -0.0931. The van der Waals surface area contributed by atoms with Crippen molar-refractivity contribution < 1.29 is 0 Å². The van der Waals surface area contributed by atoms with Crippen LogP contribution in [0.3, 0.4) is 0 Å². The van der Waals surface area contributed by atoms with E-state index < -0.39 is 0 Å². The van der Waals surface area contributed by atoms with Crippen LogP contribution < -0.4 is 4.90 Å². The van der Waals surface area contributed by atoms with Gasteiger partial charge in [0.1, 0.15) is 0 Å². The maximum absolute atomic E-state index is 3.68. The fraction of sp³-hybridized carbons (Fsp3) is 0.318. The number of nitrogens with zero attached hydrogens (tertiary/aromatic N) is 3. The summed E-state index contributed by atoms with van der Waals surface area (Å²) < 4.78 is 2.12. The third-order valence-corrected chi connectivity index (χ3v) is 13.1. The van der Waals surface area contributed by atoms with Gasteiger partial charge >= 0.3 is 0 Å². The number of hydrogen-bond acceptors (Lipinski definition) is 3. The summed E-state index contributed by atoms with van der Waals surface area (Å²) in [5.74, 6) is 0. The highest BCUT2D eigenvalue weighted by atomic mass is 79.9. The summed E-state index contributed by atoms with van der Waals surface area (Å²) in [5.41, 5.74) is 13.5. The minimum absolute atomic E-state index is 0.0314. The number of hydrogen-bond donors (Lipinski definition) is 0. The van der Waals surface area contributed by atoms with Gasteiger partial charge in [0, 0.05) is 48.0 Å². The van der Waals surface area contributed by atoms with E-state index in [-0.39, 0.29) is 22.2 Å². The highest BCUT2D eigenvalue weighted by molar-refractivity contribution is 9.10. The average Bonchev–Trinajstić information content (AvgIpc) is 3.30. The van der Waals surface area contributed by atoms with Gasteiger partial charge in [0.25, 0.3) is 0 Å². The fourth-order valence-electron chi connectivity index (χ4n) is 8.38. The van der Waals surface area contributed by atoms with Crippen LogP contribution in [0.1, 0.15) is 77.6 Å². The average molecular weight is 778 g/mol. The standard InChI is InChI=1S/C44H47Br2N3/c1-41(2)36-23-12-28(25-38(36)43(5,6)47(41)9)29-11-22-35(30-13-24-37-39(26-30)44(7,8)48(10)42(37,3)4)40(27-29)49(33-18-14-31(45)15-19-33)34-20-16-32(46)17-21-34/h11-27H,1-10H3. The van der Waals surface area contributed by atoms with Crippen molar-refractivity contribution in [3.63, 3.8) is 0 Å². The van der Waals surface area contributed by atoms with Gasteiger partial charge < -0.3 is 4.90 Å². The molecule has 0 fully saturated rings.